The summed E-state index contributed by atoms with van der Waals surface area (Å²) in [6, 6.07) is 0. The van der Waals surface area contributed by atoms with Gasteiger partial charge in [-0.2, -0.15) is 5.10 Å². The van der Waals surface area contributed by atoms with Gasteiger partial charge in [-0.1, -0.05) is 6.92 Å². The van der Waals surface area contributed by atoms with Crippen LogP contribution in [0, 0.1) is 0 Å². The second-order valence-corrected chi connectivity index (χ2v) is 8.04. The van der Waals surface area contributed by atoms with Gasteiger partial charge >= 0.3 is 0 Å². The maximum Gasteiger partial charge on any atom is 0.152 e. The van der Waals surface area contributed by atoms with Crippen molar-refractivity contribution >= 4 is 25.8 Å². The normalized spacial score (nSPS) is 26.7. The minimum absolute atomic E-state index is 0.0685. The van der Waals surface area contributed by atoms with E-state index in [1.807, 2.05) is 14.0 Å². The average Bonchev–Trinajstić information content (AvgIpc) is 2.69. The largest absolute Gasteiger partial charge is 0.324 e. The van der Waals surface area contributed by atoms with Crippen LogP contribution < -0.4 is 5.73 Å². The Bertz CT molecular complexity index is 567. The number of nitrogens with zero attached hydrogens (tertiary/aromatic N) is 2. The fourth-order valence-corrected chi connectivity index (χ4v) is 5.17. The van der Waals surface area contributed by atoms with E-state index in [1.165, 1.54) is 0 Å². The zero-order chi connectivity index (χ0) is 13.6. The minimum atomic E-state index is -2.97. The van der Waals surface area contributed by atoms with Crippen molar-refractivity contribution < 1.29 is 8.42 Å². The van der Waals surface area contributed by atoms with E-state index in [1.54, 1.807) is 4.68 Å². The van der Waals surface area contributed by atoms with Gasteiger partial charge in [0.25, 0.3) is 0 Å². The van der Waals surface area contributed by atoms with Crippen LogP contribution in [-0.4, -0.2) is 35.2 Å². The minimum Gasteiger partial charge on any atom is -0.324 e. The smallest absolute Gasteiger partial charge is 0.152 e. The van der Waals surface area contributed by atoms with E-state index in [0.29, 0.717) is 12.8 Å². The van der Waals surface area contributed by atoms with E-state index in [4.69, 9.17) is 5.73 Å². The molecular weight excluding hydrogens is 318 g/mol. The number of hydrogen-bond donors (Lipinski definition) is 1. The molecule has 2 N–H and O–H groups in total. The van der Waals surface area contributed by atoms with Crippen molar-refractivity contribution in [2.45, 2.75) is 31.7 Å². The van der Waals surface area contributed by atoms with Crippen LogP contribution in [0.5, 0.6) is 0 Å². The van der Waals surface area contributed by atoms with Crippen molar-refractivity contribution in [1.29, 1.82) is 0 Å². The Morgan fingerprint density at radius 2 is 2.22 bits per heavy atom. The standard InChI is InChI=1S/C11H18BrN3O2S/c1-3-8-10(12)9(15(2)14-8)6-11(13)4-5-18(16,17)7-11/h3-7,13H2,1-2H3. The summed E-state index contributed by atoms with van der Waals surface area (Å²) < 4.78 is 25.9. The van der Waals surface area contributed by atoms with Gasteiger partial charge in [0.15, 0.2) is 9.84 Å². The van der Waals surface area contributed by atoms with Crippen LogP contribution in [0.3, 0.4) is 0 Å². The monoisotopic (exact) mass is 335 g/mol. The molecule has 7 heteroatoms. The first kappa shape index (κ1) is 14.0. The van der Waals surface area contributed by atoms with Crippen molar-refractivity contribution in [3.63, 3.8) is 0 Å². The summed E-state index contributed by atoms with van der Waals surface area (Å²) in [5.74, 6) is 0.263. The molecule has 2 rings (SSSR count). The highest BCUT2D eigenvalue weighted by molar-refractivity contribution is 9.10. The van der Waals surface area contributed by atoms with Gasteiger partial charge in [-0.05, 0) is 28.8 Å². The molecule has 0 aromatic carbocycles. The number of aromatic nitrogens is 2. The second kappa shape index (κ2) is 4.61. The summed E-state index contributed by atoms with van der Waals surface area (Å²) in [6.45, 7) is 2.04. The molecule has 1 atom stereocenters. The first-order chi connectivity index (χ1) is 8.26. The first-order valence-corrected chi connectivity index (χ1v) is 8.57. The zero-order valence-corrected chi connectivity index (χ0v) is 13.0. The highest BCUT2D eigenvalue weighted by atomic mass is 79.9. The fourth-order valence-electron chi connectivity index (χ4n) is 2.43. The number of sulfone groups is 1. The van der Waals surface area contributed by atoms with Crippen LogP contribution in [0.15, 0.2) is 4.47 Å². The van der Waals surface area contributed by atoms with Crippen molar-refractivity contribution in [2.24, 2.45) is 12.8 Å². The molecule has 0 aliphatic carbocycles. The molecule has 0 bridgehead atoms. The molecule has 5 nitrogen and oxygen atoms in total. The molecule has 2 heterocycles. The molecule has 1 aliphatic rings. The maximum absolute atomic E-state index is 11.6. The Balaban J connectivity index is 2.28. The number of aryl methyl sites for hydroxylation is 2. The van der Waals surface area contributed by atoms with Crippen LogP contribution in [0.2, 0.25) is 0 Å². The Kier molecular flexibility index (Phi) is 3.59. The molecule has 0 radical (unpaired) electrons. The van der Waals surface area contributed by atoms with Crippen molar-refractivity contribution in [3.8, 4) is 0 Å². The van der Waals surface area contributed by atoms with Crippen LogP contribution in [0.25, 0.3) is 0 Å². The van der Waals surface area contributed by atoms with Gasteiger partial charge < -0.3 is 5.73 Å². The predicted octanol–water partition coefficient (Wildman–Crippen LogP) is 0.804. The molecule has 18 heavy (non-hydrogen) atoms. The molecule has 1 aromatic rings. The summed E-state index contributed by atoms with van der Waals surface area (Å²) in [7, 11) is -1.10. The predicted molar refractivity (Wildman–Crippen MR) is 74.2 cm³/mol. The van der Waals surface area contributed by atoms with E-state index < -0.39 is 15.4 Å². The lowest BCUT2D eigenvalue weighted by Gasteiger charge is -2.22. The van der Waals surface area contributed by atoms with E-state index in [9.17, 15) is 8.42 Å². The van der Waals surface area contributed by atoms with Gasteiger partial charge in [0.05, 0.1) is 27.4 Å². The zero-order valence-electron chi connectivity index (χ0n) is 10.6. The van der Waals surface area contributed by atoms with Crippen LogP contribution in [-0.2, 0) is 29.7 Å². The molecule has 0 spiro atoms. The number of nitrogens with two attached hydrogens (primary N) is 1. The van der Waals surface area contributed by atoms with Gasteiger partial charge in [-0.15, -0.1) is 0 Å². The molecule has 1 aromatic heterocycles. The lowest BCUT2D eigenvalue weighted by molar-refractivity contribution is 0.459. The molecule has 1 saturated heterocycles. The van der Waals surface area contributed by atoms with Gasteiger partial charge in [0, 0.05) is 19.0 Å². The summed E-state index contributed by atoms with van der Waals surface area (Å²) in [6.07, 6.45) is 1.90. The lowest BCUT2D eigenvalue weighted by Crippen LogP contribution is -2.43. The fraction of sp³-hybridized carbons (Fsp3) is 0.727. The van der Waals surface area contributed by atoms with Crippen molar-refractivity contribution in [1.82, 2.24) is 9.78 Å². The second-order valence-electron chi connectivity index (χ2n) is 5.07. The SMILES string of the molecule is CCc1nn(C)c(CC2(N)CCS(=O)(=O)C2)c1Br. The molecule has 0 amide bonds. The highest BCUT2D eigenvalue weighted by Gasteiger charge is 2.40. The van der Waals surface area contributed by atoms with Gasteiger partial charge in [0.2, 0.25) is 0 Å². The maximum atomic E-state index is 11.6. The van der Waals surface area contributed by atoms with Crippen LogP contribution in [0.1, 0.15) is 24.7 Å². The van der Waals surface area contributed by atoms with E-state index >= 15 is 0 Å². The molecule has 1 aliphatic heterocycles. The lowest BCUT2D eigenvalue weighted by atomic mass is 9.94. The Hall–Kier alpha value is -0.400. The van der Waals surface area contributed by atoms with Gasteiger partial charge in [-0.3, -0.25) is 4.68 Å². The molecular formula is C11H18BrN3O2S. The topological polar surface area (TPSA) is 78.0 Å². The third kappa shape index (κ3) is 2.62. The van der Waals surface area contributed by atoms with Crippen molar-refractivity contribution in [2.75, 3.05) is 11.5 Å². The quantitative estimate of drug-likeness (QED) is 0.886. The molecule has 1 fully saturated rings. The number of hydrogen-bond acceptors (Lipinski definition) is 4. The Labute approximate surface area is 116 Å². The van der Waals surface area contributed by atoms with Gasteiger partial charge in [-0.25, -0.2) is 8.42 Å². The first-order valence-electron chi connectivity index (χ1n) is 5.96. The van der Waals surface area contributed by atoms with Crippen LogP contribution >= 0.6 is 15.9 Å². The summed E-state index contributed by atoms with van der Waals surface area (Å²) in [4.78, 5) is 0. The van der Waals surface area contributed by atoms with E-state index in [-0.39, 0.29) is 11.5 Å². The Morgan fingerprint density at radius 1 is 1.56 bits per heavy atom. The summed E-state index contributed by atoms with van der Waals surface area (Å²) in [5.41, 5.74) is 7.52. The number of halogens is 1. The highest BCUT2D eigenvalue weighted by Crippen LogP contribution is 2.29. The van der Waals surface area contributed by atoms with Gasteiger partial charge in [0.1, 0.15) is 0 Å². The molecule has 102 valence electrons. The van der Waals surface area contributed by atoms with E-state index in [2.05, 4.69) is 21.0 Å². The third-order valence-electron chi connectivity index (χ3n) is 3.44. The molecule has 0 saturated carbocycles. The van der Waals surface area contributed by atoms with Crippen LogP contribution in [0.4, 0.5) is 0 Å². The summed E-state index contributed by atoms with van der Waals surface area (Å²) in [5, 5.41) is 4.40. The Morgan fingerprint density at radius 3 is 2.67 bits per heavy atom. The van der Waals surface area contributed by atoms with E-state index in [0.717, 1.165) is 22.3 Å². The molecule has 1 unspecified atom stereocenters. The third-order valence-corrected chi connectivity index (χ3v) is 6.20. The number of rotatable bonds is 3. The average molecular weight is 336 g/mol. The van der Waals surface area contributed by atoms with Crippen molar-refractivity contribution in [3.05, 3.63) is 15.9 Å². The summed E-state index contributed by atoms with van der Waals surface area (Å²) >= 11 is 3.53.